The van der Waals surface area contributed by atoms with Crippen LogP contribution in [0.4, 0.5) is 0 Å². The summed E-state index contributed by atoms with van der Waals surface area (Å²) >= 11 is 0. The average Bonchev–Trinajstić information content (AvgIpc) is 3.30. The van der Waals surface area contributed by atoms with E-state index < -0.39 is 0 Å². The molecule has 6 heteroatoms. The summed E-state index contributed by atoms with van der Waals surface area (Å²) in [5.74, 6) is 1.01. The fourth-order valence-electron chi connectivity index (χ4n) is 6.60. The number of carbonyl (C=O) groups is 2. The monoisotopic (exact) mass is 437 g/mol. The van der Waals surface area contributed by atoms with Crippen LogP contribution < -0.4 is 10.6 Å². The minimum absolute atomic E-state index is 0.0451. The van der Waals surface area contributed by atoms with E-state index in [9.17, 15) is 9.59 Å². The minimum atomic E-state index is -0.182. The number of aromatic nitrogens is 1. The Labute approximate surface area is 190 Å². The normalized spacial score (nSPS) is 31.4. The Balaban J connectivity index is 1.58. The van der Waals surface area contributed by atoms with Crippen molar-refractivity contribution < 1.29 is 14.0 Å². The van der Waals surface area contributed by atoms with Crippen molar-refractivity contribution in [2.75, 3.05) is 6.54 Å². The zero-order valence-electron chi connectivity index (χ0n) is 19.6. The molecule has 2 aromatic rings. The number of pyridine rings is 1. The van der Waals surface area contributed by atoms with Gasteiger partial charge in [0, 0.05) is 25.0 Å². The van der Waals surface area contributed by atoms with Crippen molar-refractivity contribution in [3.05, 3.63) is 54.2 Å². The molecule has 0 spiro atoms. The van der Waals surface area contributed by atoms with Crippen LogP contribution >= 0.6 is 0 Å². The lowest BCUT2D eigenvalue weighted by molar-refractivity contribution is -0.102. The highest BCUT2D eigenvalue weighted by Crippen LogP contribution is 2.60. The fraction of sp³-hybridized carbons (Fsp3) is 0.577. The Kier molecular flexibility index (Phi) is 6.15. The van der Waals surface area contributed by atoms with Crippen molar-refractivity contribution in [2.45, 2.75) is 59.4 Å². The molecule has 0 aliphatic heterocycles. The first-order valence-electron chi connectivity index (χ1n) is 11.7. The van der Waals surface area contributed by atoms with E-state index in [0.717, 1.165) is 12.8 Å². The number of fused-ring (bicyclic) bond motifs is 1. The van der Waals surface area contributed by atoms with Crippen molar-refractivity contribution in [2.24, 2.45) is 28.6 Å². The number of carbonyl (C=O) groups excluding carboxylic acids is 2. The molecule has 2 fully saturated rings. The summed E-state index contributed by atoms with van der Waals surface area (Å²) in [6, 6.07) is 7.04. The molecule has 5 atom stereocenters. The highest BCUT2D eigenvalue weighted by molar-refractivity contribution is 5.94. The van der Waals surface area contributed by atoms with E-state index in [2.05, 4.69) is 43.3 Å². The summed E-state index contributed by atoms with van der Waals surface area (Å²) in [5, 5.41) is 6.43. The van der Waals surface area contributed by atoms with Crippen molar-refractivity contribution in [3.63, 3.8) is 0 Å². The first kappa shape index (κ1) is 22.6. The second-order valence-electron chi connectivity index (χ2n) is 10.6. The van der Waals surface area contributed by atoms with Crippen LogP contribution in [0, 0.1) is 28.6 Å². The molecule has 2 heterocycles. The van der Waals surface area contributed by atoms with Gasteiger partial charge in [0.1, 0.15) is 0 Å². The second kappa shape index (κ2) is 8.72. The predicted octanol–water partition coefficient (Wildman–Crippen LogP) is 4.69. The average molecular weight is 438 g/mol. The Hall–Kier alpha value is -2.63. The highest BCUT2D eigenvalue weighted by Gasteiger charge is 2.56. The van der Waals surface area contributed by atoms with Gasteiger partial charge in [-0.15, -0.1) is 0 Å². The van der Waals surface area contributed by atoms with Crippen LogP contribution in [0.2, 0.25) is 0 Å². The fourth-order valence-corrected chi connectivity index (χ4v) is 6.60. The highest BCUT2D eigenvalue weighted by atomic mass is 16.3. The number of nitrogens with one attached hydrogen (secondary N) is 2. The molecule has 4 rings (SSSR count). The van der Waals surface area contributed by atoms with E-state index in [4.69, 9.17) is 4.42 Å². The molecule has 0 radical (unpaired) electrons. The molecule has 2 amide bonds. The molecule has 1 unspecified atom stereocenters. The zero-order valence-corrected chi connectivity index (χ0v) is 19.6. The maximum absolute atomic E-state index is 13.0. The summed E-state index contributed by atoms with van der Waals surface area (Å²) in [4.78, 5) is 29.7. The number of nitrogens with zero attached hydrogens (tertiary/aromatic N) is 1. The van der Waals surface area contributed by atoms with Crippen LogP contribution in [0.5, 0.6) is 0 Å². The van der Waals surface area contributed by atoms with Gasteiger partial charge in [-0.3, -0.25) is 14.6 Å². The quantitative estimate of drug-likeness (QED) is 0.711. The number of hydrogen-bond donors (Lipinski definition) is 2. The number of rotatable bonds is 5. The summed E-state index contributed by atoms with van der Waals surface area (Å²) in [7, 11) is 0. The number of hydrogen-bond acceptors (Lipinski definition) is 4. The lowest BCUT2D eigenvalue weighted by Crippen LogP contribution is -2.60. The van der Waals surface area contributed by atoms with Gasteiger partial charge in [0.15, 0.2) is 5.76 Å². The standard InChI is InChI=1S/C26H35N3O3/c1-17-19(16-28-24(31)21-9-6-13-32-21)26(4)11-7-10-25(2,3)22(26)14-20(17)29-23(30)18-8-5-12-27-15-18/h5-6,8-9,12-13,15,17,19-20,22H,7,10-11,14,16H2,1-4H3,(H,28,31)(H,29,30)/t17-,19-,20+,22?,26+/m0/s1. The molecule has 2 aliphatic rings. The molecule has 2 aliphatic carbocycles. The molecule has 0 bridgehead atoms. The molecule has 6 nitrogen and oxygen atoms in total. The molecular weight excluding hydrogens is 402 g/mol. The van der Waals surface area contributed by atoms with E-state index >= 15 is 0 Å². The van der Waals surface area contributed by atoms with E-state index in [1.54, 1.807) is 36.7 Å². The predicted molar refractivity (Wildman–Crippen MR) is 123 cm³/mol. The van der Waals surface area contributed by atoms with E-state index in [0.29, 0.717) is 23.8 Å². The third-order valence-corrected chi connectivity index (χ3v) is 8.35. The van der Waals surface area contributed by atoms with Crippen LogP contribution in [-0.4, -0.2) is 29.4 Å². The van der Waals surface area contributed by atoms with Crippen LogP contribution in [0.1, 0.15) is 74.3 Å². The molecule has 32 heavy (non-hydrogen) atoms. The van der Waals surface area contributed by atoms with Gasteiger partial charge in [-0.2, -0.15) is 0 Å². The van der Waals surface area contributed by atoms with Gasteiger partial charge in [0.05, 0.1) is 11.8 Å². The first-order valence-corrected chi connectivity index (χ1v) is 11.7. The summed E-state index contributed by atoms with van der Waals surface area (Å²) in [6.45, 7) is 9.93. The van der Waals surface area contributed by atoms with E-state index in [1.165, 1.54) is 19.1 Å². The second-order valence-corrected chi connectivity index (χ2v) is 10.6. The van der Waals surface area contributed by atoms with Gasteiger partial charge >= 0.3 is 0 Å². The summed E-state index contributed by atoms with van der Waals surface area (Å²) in [5.41, 5.74) is 0.875. The van der Waals surface area contributed by atoms with Crippen LogP contribution in [0.15, 0.2) is 47.3 Å². The molecule has 0 saturated heterocycles. The lowest BCUT2D eigenvalue weighted by atomic mass is 9.45. The van der Waals surface area contributed by atoms with Crippen molar-refractivity contribution in [1.29, 1.82) is 0 Å². The molecule has 172 valence electrons. The van der Waals surface area contributed by atoms with Gasteiger partial charge in [-0.25, -0.2) is 0 Å². The maximum atomic E-state index is 13.0. The summed E-state index contributed by atoms with van der Waals surface area (Å²) in [6.07, 6.45) is 9.29. The molecular formula is C26H35N3O3. The third-order valence-electron chi connectivity index (χ3n) is 8.35. The van der Waals surface area contributed by atoms with Crippen molar-refractivity contribution in [1.82, 2.24) is 15.6 Å². The zero-order chi connectivity index (χ0) is 22.9. The lowest BCUT2D eigenvalue weighted by Gasteiger charge is -2.61. The van der Waals surface area contributed by atoms with E-state index in [1.807, 2.05) is 0 Å². The van der Waals surface area contributed by atoms with Gasteiger partial charge < -0.3 is 15.1 Å². The van der Waals surface area contributed by atoms with Gasteiger partial charge in [-0.05, 0) is 72.1 Å². The Morgan fingerprint density at radius 1 is 1.16 bits per heavy atom. The molecule has 0 aromatic carbocycles. The first-order chi connectivity index (χ1) is 15.2. The molecule has 2 N–H and O–H groups in total. The van der Waals surface area contributed by atoms with E-state index in [-0.39, 0.29) is 40.5 Å². The van der Waals surface area contributed by atoms with Crippen LogP contribution in [-0.2, 0) is 0 Å². The Morgan fingerprint density at radius 2 is 1.97 bits per heavy atom. The smallest absolute Gasteiger partial charge is 0.286 e. The minimum Gasteiger partial charge on any atom is -0.459 e. The van der Waals surface area contributed by atoms with Crippen molar-refractivity contribution in [3.8, 4) is 0 Å². The van der Waals surface area contributed by atoms with Crippen LogP contribution in [0.3, 0.4) is 0 Å². The maximum Gasteiger partial charge on any atom is 0.286 e. The van der Waals surface area contributed by atoms with Crippen LogP contribution in [0.25, 0.3) is 0 Å². The SMILES string of the molecule is C[C@@H]1[C@H](NC(=O)c2cccnc2)CC2C(C)(C)CCC[C@]2(C)[C@H]1CNC(=O)c1ccco1. The number of amides is 2. The van der Waals surface area contributed by atoms with Gasteiger partial charge in [0.25, 0.3) is 11.8 Å². The summed E-state index contributed by atoms with van der Waals surface area (Å²) < 4.78 is 5.27. The van der Waals surface area contributed by atoms with Gasteiger partial charge in [0.2, 0.25) is 0 Å². The van der Waals surface area contributed by atoms with Gasteiger partial charge in [-0.1, -0.05) is 34.1 Å². The Morgan fingerprint density at radius 3 is 2.66 bits per heavy atom. The molecule has 2 saturated carbocycles. The topological polar surface area (TPSA) is 84.2 Å². The molecule has 2 aromatic heterocycles. The Bertz CT molecular complexity index is 940. The van der Waals surface area contributed by atoms with Crippen molar-refractivity contribution >= 4 is 11.8 Å². The third kappa shape index (κ3) is 4.19. The largest absolute Gasteiger partial charge is 0.459 e. The number of furan rings is 1.